The molecule has 0 amide bonds. The summed E-state index contributed by atoms with van der Waals surface area (Å²) in [5.74, 6) is 0.878. The third-order valence-corrected chi connectivity index (χ3v) is 2.57. The van der Waals surface area contributed by atoms with Crippen LogP contribution in [0.5, 0.6) is 5.75 Å². The third kappa shape index (κ3) is 3.75. The van der Waals surface area contributed by atoms with E-state index < -0.39 is 0 Å². The van der Waals surface area contributed by atoms with Crippen LogP contribution in [0.25, 0.3) is 6.08 Å². The van der Waals surface area contributed by atoms with E-state index in [1.807, 2.05) is 54.6 Å². The number of hydrogen-bond donors (Lipinski definition) is 1. The molecule has 2 N–H and O–H groups in total. The number of benzene rings is 2. The van der Waals surface area contributed by atoms with Gasteiger partial charge in [0.2, 0.25) is 0 Å². The molecule has 0 aromatic heterocycles. The fourth-order valence-corrected chi connectivity index (χ4v) is 1.62. The Morgan fingerprint density at radius 1 is 0.944 bits per heavy atom. The van der Waals surface area contributed by atoms with Gasteiger partial charge in [-0.2, -0.15) is 0 Å². The Morgan fingerprint density at radius 3 is 2.33 bits per heavy atom. The molecule has 0 unspecified atom stereocenters. The molecular weight excluding hydrogens is 222 g/mol. The quantitative estimate of drug-likeness (QED) is 0.869. The van der Waals surface area contributed by atoms with E-state index in [0.29, 0.717) is 13.2 Å². The first-order chi connectivity index (χ1) is 8.88. The number of rotatable bonds is 5. The van der Waals surface area contributed by atoms with Crippen molar-refractivity contribution in [2.24, 2.45) is 5.73 Å². The second-order valence-corrected chi connectivity index (χ2v) is 3.98. The molecule has 2 nitrogen and oxygen atoms in total. The maximum Gasteiger partial charge on any atom is 0.119 e. The predicted octanol–water partition coefficient (Wildman–Crippen LogP) is 3.24. The largest absolute Gasteiger partial charge is 0.489 e. The van der Waals surface area contributed by atoms with E-state index in [-0.39, 0.29) is 0 Å². The van der Waals surface area contributed by atoms with Crippen LogP contribution in [0, 0.1) is 0 Å². The van der Waals surface area contributed by atoms with Gasteiger partial charge in [0.05, 0.1) is 0 Å². The van der Waals surface area contributed by atoms with Crippen molar-refractivity contribution in [3.63, 3.8) is 0 Å². The molecule has 0 heterocycles. The maximum absolute atomic E-state index is 5.70. The normalized spacial score (nSPS) is 10.7. The summed E-state index contributed by atoms with van der Waals surface area (Å²) >= 11 is 0. The molecule has 2 aromatic rings. The third-order valence-electron chi connectivity index (χ3n) is 2.57. The van der Waals surface area contributed by atoms with Crippen LogP contribution in [0.3, 0.4) is 0 Å². The van der Waals surface area contributed by atoms with E-state index in [4.69, 9.17) is 10.5 Å². The fourth-order valence-electron chi connectivity index (χ4n) is 1.62. The standard InChI is InChI=1S/C16H17NO/c17-12-4-7-14-8-10-16(11-9-14)18-13-15-5-2-1-3-6-15/h1-11H,12-13,17H2. The van der Waals surface area contributed by atoms with Gasteiger partial charge in [-0.05, 0) is 23.3 Å². The van der Waals surface area contributed by atoms with Gasteiger partial charge < -0.3 is 10.5 Å². The molecule has 0 fully saturated rings. The highest BCUT2D eigenvalue weighted by molar-refractivity contribution is 5.50. The van der Waals surface area contributed by atoms with Crippen molar-refractivity contribution >= 4 is 6.08 Å². The highest BCUT2D eigenvalue weighted by Crippen LogP contribution is 2.14. The zero-order valence-electron chi connectivity index (χ0n) is 10.3. The van der Waals surface area contributed by atoms with Gasteiger partial charge in [-0.3, -0.25) is 0 Å². The van der Waals surface area contributed by atoms with Gasteiger partial charge >= 0.3 is 0 Å². The minimum Gasteiger partial charge on any atom is -0.489 e. The summed E-state index contributed by atoms with van der Waals surface area (Å²) in [4.78, 5) is 0. The molecule has 0 bridgehead atoms. The average molecular weight is 239 g/mol. The van der Waals surface area contributed by atoms with Crippen LogP contribution in [0.15, 0.2) is 60.7 Å². The van der Waals surface area contributed by atoms with Crippen molar-refractivity contribution in [3.05, 3.63) is 71.8 Å². The molecule has 2 aromatic carbocycles. The Hall–Kier alpha value is -2.06. The van der Waals surface area contributed by atoms with Crippen LogP contribution in [-0.4, -0.2) is 6.54 Å². The fraction of sp³-hybridized carbons (Fsp3) is 0.125. The predicted molar refractivity (Wildman–Crippen MR) is 75.3 cm³/mol. The molecule has 0 spiro atoms. The minimum absolute atomic E-state index is 0.562. The van der Waals surface area contributed by atoms with Gasteiger partial charge in [-0.1, -0.05) is 54.6 Å². The second-order valence-electron chi connectivity index (χ2n) is 3.98. The Kier molecular flexibility index (Phi) is 4.56. The van der Waals surface area contributed by atoms with Gasteiger partial charge in [0.15, 0.2) is 0 Å². The van der Waals surface area contributed by atoms with E-state index >= 15 is 0 Å². The molecule has 0 aliphatic rings. The zero-order valence-corrected chi connectivity index (χ0v) is 10.3. The van der Waals surface area contributed by atoms with Crippen LogP contribution in [0.2, 0.25) is 0 Å². The first-order valence-corrected chi connectivity index (χ1v) is 6.02. The summed E-state index contributed by atoms with van der Waals surface area (Å²) in [7, 11) is 0. The summed E-state index contributed by atoms with van der Waals surface area (Å²) < 4.78 is 5.70. The Bertz CT molecular complexity index is 488. The van der Waals surface area contributed by atoms with Crippen molar-refractivity contribution in [3.8, 4) is 5.75 Å². The zero-order chi connectivity index (χ0) is 12.6. The van der Waals surface area contributed by atoms with E-state index in [0.717, 1.165) is 11.3 Å². The summed E-state index contributed by atoms with van der Waals surface area (Å²) in [6.07, 6.45) is 3.93. The van der Waals surface area contributed by atoms with E-state index in [9.17, 15) is 0 Å². The highest BCUT2D eigenvalue weighted by atomic mass is 16.5. The lowest BCUT2D eigenvalue weighted by molar-refractivity contribution is 0.306. The molecule has 18 heavy (non-hydrogen) atoms. The van der Waals surface area contributed by atoms with Crippen LogP contribution in [0.1, 0.15) is 11.1 Å². The Morgan fingerprint density at radius 2 is 1.67 bits per heavy atom. The van der Waals surface area contributed by atoms with Crippen molar-refractivity contribution in [2.45, 2.75) is 6.61 Å². The summed E-state index contributed by atoms with van der Waals surface area (Å²) in [5.41, 5.74) is 7.71. The van der Waals surface area contributed by atoms with Crippen molar-refractivity contribution in [2.75, 3.05) is 6.54 Å². The summed E-state index contributed by atoms with van der Waals surface area (Å²) in [6, 6.07) is 18.1. The molecule has 0 aliphatic carbocycles. The molecule has 2 heteroatoms. The molecular formula is C16H17NO. The van der Waals surface area contributed by atoms with Crippen molar-refractivity contribution in [1.82, 2.24) is 0 Å². The number of hydrogen-bond acceptors (Lipinski definition) is 2. The van der Waals surface area contributed by atoms with Crippen molar-refractivity contribution < 1.29 is 4.74 Å². The monoisotopic (exact) mass is 239 g/mol. The molecule has 2 rings (SSSR count). The lowest BCUT2D eigenvalue weighted by Crippen LogP contribution is -1.94. The van der Waals surface area contributed by atoms with Gasteiger partial charge in [-0.15, -0.1) is 0 Å². The second kappa shape index (κ2) is 6.62. The van der Waals surface area contributed by atoms with Gasteiger partial charge in [0.25, 0.3) is 0 Å². The van der Waals surface area contributed by atoms with Crippen LogP contribution in [-0.2, 0) is 6.61 Å². The number of nitrogens with two attached hydrogens (primary N) is 1. The van der Waals surface area contributed by atoms with E-state index in [2.05, 4.69) is 12.1 Å². The number of ether oxygens (including phenoxy) is 1. The SMILES string of the molecule is NCC=Cc1ccc(OCc2ccccc2)cc1. The molecule has 0 atom stereocenters. The lowest BCUT2D eigenvalue weighted by Gasteiger charge is -2.06. The summed E-state index contributed by atoms with van der Waals surface area (Å²) in [6.45, 7) is 1.16. The first-order valence-electron chi connectivity index (χ1n) is 6.02. The van der Waals surface area contributed by atoms with E-state index in [1.54, 1.807) is 0 Å². The maximum atomic E-state index is 5.70. The molecule has 92 valence electrons. The molecule has 0 radical (unpaired) electrons. The molecule has 0 saturated heterocycles. The highest BCUT2D eigenvalue weighted by Gasteiger charge is 1.95. The molecule has 0 saturated carbocycles. The smallest absolute Gasteiger partial charge is 0.119 e. The first kappa shape index (κ1) is 12.4. The van der Waals surface area contributed by atoms with Gasteiger partial charge in [0.1, 0.15) is 12.4 Å². The average Bonchev–Trinajstić information content (AvgIpc) is 2.45. The van der Waals surface area contributed by atoms with Crippen LogP contribution >= 0.6 is 0 Å². The molecule has 0 aliphatic heterocycles. The topological polar surface area (TPSA) is 35.2 Å². The Balaban J connectivity index is 1.92. The summed E-state index contributed by atoms with van der Waals surface area (Å²) in [5, 5.41) is 0. The Labute approximate surface area is 108 Å². The minimum atomic E-state index is 0.562. The van der Waals surface area contributed by atoms with Crippen LogP contribution < -0.4 is 10.5 Å². The lowest BCUT2D eigenvalue weighted by atomic mass is 10.2. The van der Waals surface area contributed by atoms with Crippen molar-refractivity contribution in [1.29, 1.82) is 0 Å². The van der Waals surface area contributed by atoms with Gasteiger partial charge in [0, 0.05) is 6.54 Å². The van der Waals surface area contributed by atoms with E-state index in [1.165, 1.54) is 5.56 Å². The van der Waals surface area contributed by atoms with Crippen LogP contribution in [0.4, 0.5) is 0 Å². The van der Waals surface area contributed by atoms with Gasteiger partial charge in [-0.25, -0.2) is 0 Å².